The normalized spacial score (nSPS) is 13.9. The minimum atomic E-state index is -0.333. The van der Waals surface area contributed by atoms with Gasteiger partial charge in [-0.2, -0.15) is 0 Å². The summed E-state index contributed by atoms with van der Waals surface area (Å²) < 4.78 is 0.748. The number of amides is 3. The third kappa shape index (κ3) is 3.46. The molecular formula is C18H12Cl3N3O2S. The quantitative estimate of drug-likeness (QED) is 0.553. The molecule has 3 amide bonds. The Morgan fingerprint density at radius 3 is 2.56 bits per heavy atom. The summed E-state index contributed by atoms with van der Waals surface area (Å²) in [6, 6.07) is 10.2. The number of nitrogens with one attached hydrogen (secondary N) is 2. The monoisotopic (exact) mass is 439 g/mol. The molecule has 1 aliphatic heterocycles. The molecule has 27 heavy (non-hydrogen) atoms. The number of rotatable bonds is 3. The maximum Gasteiger partial charge on any atom is 0.321 e. The molecule has 1 aliphatic rings. The molecule has 4 rings (SSSR count). The standard InChI is InChI=1S/C18H12Cl3N3O2S/c19-9-7-12(20)14-13(8-9)27-16(15(14)21)17(25)23-10-1-3-11(4-2-10)24-6-5-22-18(24)26/h1-4,7-8H,5-6H2,(H,22,26)(H,23,25). The number of nitrogens with zero attached hydrogens (tertiary/aromatic N) is 1. The molecule has 2 N–H and O–H groups in total. The largest absolute Gasteiger partial charge is 0.336 e. The molecule has 5 nitrogen and oxygen atoms in total. The second kappa shape index (κ2) is 7.20. The number of thiophene rings is 1. The van der Waals surface area contributed by atoms with Gasteiger partial charge in [-0.25, -0.2) is 4.79 Å². The molecule has 0 atom stereocenters. The van der Waals surface area contributed by atoms with Gasteiger partial charge in [0.25, 0.3) is 5.91 Å². The van der Waals surface area contributed by atoms with Crippen LogP contribution in [0.15, 0.2) is 36.4 Å². The predicted molar refractivity (Wildman–Crippen MR) is 112 cm³/mol. The number of fused-ring (bicyclic) bond motifs is 1. The maximum atomic E-state index is 12.7. The summed E-state index contributed by atoms with van der Waals surface area (Å²) in [6.07, 6.45) is 0. The lowest BCUT2D eigenvalue weighted by Gasteiger charge is -2.14. The predicted octanol–water partition coefficient (Wildman–Crippen LogP) is 5.64. The van der Waals surface area contributed by atoms with Gasteiger partial charge in [0.2, 0.25) is 0 Å². The summed E-state index contributed by atoms with van der Waals surface area (Å²) in [7, 11) is 0. The van der Waals surface area contributed by atoms with Crippen LogP contribution in [0, 0.1) is 0 Å². The minimum Gasteiger partial charge on any atom is -0.336 e. The molecule has 0 bridgehead atoms. The number of hydrogen-bond donors (Lipinski definition) is 2. The fourth-order valence-corrected chi connectivity index (χ4v) is 5.16. The van der Waals surface area contributed by atoms with Crippen LogP contribution in [0.25, 0.3) is 10.1 Å². The van der Waals surface area contributed by atoms with Crippen molar-refractivity contribution < 1.29 is 9.59 Å². The SMILES string of the molecule is O=C(Nc1ccc(N2CCNC2=O)cc1)c1sc2cc(Cl)cc(Cl)c2c1Cl. The Morgan fingerprint density at radius 1 is 1.15 bits per heavy atom. The van der Waals surface area contributed by atoms with Gasteiger partial charge in [0, 0.05) is 39.6 Å². The van der Waals surface area contributed by atoms with E-state index in [9.17, 15) is 9.59 Å². The Kier molecular flexibility index (Phi) is 4.90. The molecule has 1 aromatic heterocycles. The van der Waals surface area contributed by atoms with Gasteiger partial charge in [-0.05, 0) is 36.4 Å². The van der Waals surface area contributed by atoms with E-state index in [-0.39, 0.29) is 11.9 Å². The first-order chi connectivity index (χ1) is 12.9. The number of carbonyl (C=O) groups is 2. The van der Waals surface area contributed by atoms with Gasteiger partial charge < -0.3 is 10.6 Å². The van der Waals surface area contributed by atoms with Crippen LogP contribution in [0.1, 0.15) is 9.67 Å². The van der Waals surface area contributed by atoms with Crippen LogP contribution in [-0.2, 0) is 0 Å². The average Bonchev–Trinajstić information content (AvgIpc) is 3.19. The van der Waals surface area contributed by atoms with Crippen molar-refractivity contribution in [2.24, 2.45) is 0 Å². The van der Waals surface area contributed by atoms with Crippen molar-refractivity contribution >= 4 is 79.5 Å². The summed E-state index contributed by atoms with van der Waals surface area (Å²) in [5.74, 6) is -0.333. The average molecular weight is 441 g/mol. The van der Waals surface area contributed by atoms with E-state index in [2.05, 4.69) is 10.6 Å². The molecule has 2 aromatic carbocycles. The molecule has 2 heterocycles. The second-order valence-electron chi connectivity index (χ2n) is 5.89. The van der Waals surface area contributed by atoms with E-state index in [1.165, 1.54) is 11.3 Å². The third-order valence-electron chi connectivity index (χ3n) is 4.15. The van der Waals surface area contributed by atoms with E-state index in [0.717, 1.165) is 10.4 Å². The van der Waals surface area contributed by atoms with Crippen LogP contribution in [0.3, 0.4) is 0 Å². The number of anilines is 2. The van der Waals surface area contributed by atoms with Crippen LogP contribution >= 0.6 is 46.1 Å². The zero-order valence-corrected chi connectivity index (χ0v) is 16.8. The van der Waals surface area contributed by atoms with Crippen LogP contribution in [-0.4, -0.2) is 25.0 Å². The Balaban J connectivity index is 1.57. The van der Waals surface area contributed by atoms with E-state index < -0.39 is 0 Å². The fraction of sp³-hybridized carbons (Fsp3) is 0.111. The van der Waals surface area contributed by atoms with E-state index in [1.54, 1.807) is 41.3 Å². The number of urea groups is 1. The van der Waals surface area contributed by atoms with Crippen LogP contribution in [0.5, 0.6) is 0 Å². The molecule has 0 unspecified atom stereocenters. The lowest BCUT2D eigenvalue weighted by molar-refractivity contribution is 0.103. The van der Waals surface area contributed by atoms with Crippen LogP contribution in [0.4, 0.5) is 16.2 Å². The van der Waals surface area contributed by atoms with Gasteiger partial charge in [-0.3, -0.25) is 9.69 Å². The van der Waals surface area contributed by atoms with Crippen LogP contribution < -0.4 is 15.5 Å². The minimum absolute atomic E-state index is 0.126. The molecule has 0 aliphatic carbocycles. The van der Waals surface area contributed by atoms with Gasteiger partial charge in [0.05, 0.1) is 10.0 Å². The van der Waals surface area contributed by atoms with Crippen molar-refractivity contribution in [3.8, 4) is 0 Å². The highest BCUT2D eigenvalue weighted by Crippen LogP contribution is 2.41. The first-order valence-electron chi connectivity index (χ1n) is 7.98. The molecular weight excluding hydrogens is 429 g/mol. The summed E-state index contributed by atoms with van der Waals surface area (Å²) in [6.45, 7) is 1.24. The summed E-state index contributed by atoms with van der Waals surface area (Å²) in [5.41, 5.74) is 1.37. The van der Waals surface area contributed by atoms with Crippen LogP contribution in [0.2, 0.25) is 15.1 Å². The Labute approximate surface area is 173 Å². The van der Waals surface area contributed by atoms with Gasteiger partial charge in [-0.15, -0.1) is 11.3 Å². The number of carbonyl (C=O) groups excluding carboxylic acids is 2. The second-order valence-corrected chi connectivity index (χ2v) is 8.16. The number of hydrogen-bond acceptors (Lipinski definition) is 3. The maximum absolute atomic E-state index is 12.7. The van der Waals surface area contributed by atoms with Crippen molar-refractivity contribution in [1.29, 1.82) is 0 Å². The smallest absolute Gasteiger partial charge is 0.321 e. The zero-order chi connectivity index (χ0) is 19.1. The van der Waals surface area contributed by atoms with E-state index in [1.807, 2.05) is 0 Å². The molecule has 1 fully saturated rings. The first-order valence-corrected chi connectivity index (χ1v) is 9.93. The zero-order valence-electron chi connectivity index (χ0n) is 13.7. The van der Waals surface area contributed by atoms with E-state index in [0.29, 0.717) is 44.1 Å². The molecule has 0 radical (unpaired) electrons. The lowest BCUT2D eigenvalue weighted by atomic mass is 10.2. The molecule has 1 saturated heterocycles. The summed E-state index contributed by atoms with van der Waals surface area (Å²) in [5, 5.41) is 7.38. The molecule has 0 saturated carbocycles. The van der Waals surface area contributed by atoms with Gasteiger partial charge >= 0.3 is 6.03 Å². The summed E-state index contributed by atoms with van der Waals surface area (Å²) in [4.78, 5) is 26.4. The number of benzene rings is 2. The van der Waals surface area contributed by atoms with Gasteiger partial charge in [0.15, 0.2) is 0 Å². The Morgan fingerprint density at radius 2 is 1.89 bits per heavy atom. The highest BCUT2D eigenvalue weighted by Gasteiger charge is 2.22. The van der Waals surface area contributed by atoms with E-state index in [4.69, 9.17) is 34.8 Å². The first kappa shape index (κ1) is 18.4. The van der Waals surface area contributed by atoms with Gasteiger partial charge in [0.1, 0.15) is 4.88 Å². The van der Waals surface area contributed by atoms with Crippen molar-refractivity contribution in [2.45, 2.75) is 0 Å². The Bertz CT molecular complexity index is 1070. The fourth-order valence-electron chi connectivity index (χ4n) is 2.89. The van der Waals surface area contributed by atoms with Crippen molar-refractivity contribution in [3.05, 3.63) is 56.3 Å². The summed E-state index contributed by atoms with van der Waals surface area (Å²) >= 11 is 19.8. The van der Waals surface area contributed by atoms with Crippen molar-refractivity contribution in [2.75, 3.05) is 23.3 Å². The third-order valence-corrected chi connectivity index (χ3v) is 6.29. The van der Waals surface area contributed by atoms with Gasteiger partial charge in [-0.1, -0.05) is 34.8 Å². The number of halogens is 3. The molecule has 9 heteroatoms. The highest BCUT2D eigenvalue weighted by molar-refractivity contribution is 7.21. The lowest BCUT2D eigenvalue weighted by Crippen LogP contribution is -2.27. The van der Waals surface area contributed by atoms with Crippen molar-refractivity contribution in [3.63, 3.8) is 0 Å². The molecule has 138 valence electrons. The molecule has 3 aromatic rings. The highest BCUT2D eigenvalue weighted by atomic mass is 35.5. The Hall–Kier alpha value is -1.99. The van der Waals surface area contributed by atoms with E-state index >= 15 is 0 Å². The van der Waals surface area contributed by atoms with Crippen molar-refractivity contribution in [1.82, 2.24) is 5.32 Å². The topological polar surface area (TPSA) is 61.4 Å². The molecule has 0 spiro atoms.